The summed E-state index contributed by atoms with van der Waals surface area (Å²) >= 11 is 0. The fourth-order valence-corrected chi connectivity index (χ4v) is 1.45. The number of nitrogens with zero attached hydrogens (tertiary/aromatic N) is 2. The summed E-state index contributed by atoms with van der Waals surface area (Å²) in [5, 5.41) is 8.34. The lowest BCUT2D eigenvalue weighted by molar-refractivity contribution is 0.219. The number of amides is 2. The van der Waals surface area contributed by atoms with Crippen LogP contribution in [0.5, 0.6) is 0 Å². The molecule has 78 valence electrons. The summed E-state index contributed by atoms with van der Waals surface area (Å²) in [6.45, 7) is 2.58. The Morgan fingerprint density at radius 1 is 1.47 bits per heavy atom. The van der Waals surface area contributed by atoms with Gasteiger partial charge in [-0.1, -0.05) is 30.3 Å². The molecule has 1 unspecified atom stereocenters. The number of urea groups is 1. The molecular weight excluding hydrogens is 190 g/mol. The number of hydrazone groups is 1. The highest BCUT2D eigenvalue weighted by atomic mass is 16.2. The third kappa shape index (κ3) is 2.34. The van der Waals surface area contributed by atoms with Crippen molar-refractivity contribution in [1.29, 1.82) is 0 Å². The Balaban J connectivity index is 2.03. The van der Waals surface area contributed by atoms with Gasteiger partial charge in [0.1, 0.15) is 0 Å². The van der Waals surface area contributed by atoms with Crippen LogP contribution in [0.2, 0.25) is 0 Å². The molecule has 1 N–H and O–H groups in total. The molecule has 1 saturated heterocycles. The summed E-state index contributed by atoms with van der Waals surface area (Å²) in [6, 6.07) is 9.76. The zero-order valence-electron chi connectivity index (χ0n) is 8.55. The molecule has 2 amide bonds. The van der Waals surface area contributed by atoms with E-state index in [4.69, 9.17) is 0 Å². The number of hydrogen-bond acceptors (Lipinski definition) is 2. The minimum Gasteiger partial charge on any atom is -0.332 e. The highest BCUT2D eigenvalue weighted by molar-refractivity contribution is 5.82. The van der Waals surface area contributed by atoms with Crippen molar-refractivity contribution in [3.05, 3.63) is 35.9 Å². The summed E-state index contributed by atoms with van der Waals surface area (Å²) in [5.41, 5.74) is 0.991. The molecule has 0 saturated carbocycles. The van der Waals surface area contributed by atoms with Gasteiger partial charge in [-0.2, -0.15) is 5.10 Å². The highest BCUT2D eigenvalue weighted by Gasteiger charge is 2.24. The van der Waals surface area contributed by atoms with Gasteiger partial charge in [0, 0.05) is 6.04 Å². The van der Waals surface area contributed by atoms with Gasteiger partial charge in [0.05, 0.1) is 12.8 Å². The van der Waals surface area contributed by atoms with Crippen LogP contribution in [0.15, 0.2) is 35.4 Å². The SMILES string of the molecule is CC1CN(N=Cc2ccccc2)C(=O)N1. The Kier molecular flexibility index (Phi) is 2.67. The topological polar surface area (TPSA) is 44.7 Å². The quantitative estimate of drug-likeness (QED) is 0.726. The molecule has 1 atom stereocenters. The van der Waals surface area contributed by atoms with Crippen LogP contribution in [0.25, 0.3) is 0 Å². The molecule has 2 rings (SSSR count). The van der Waals surface area contributed by atoms with E-state index in [0.29, 0.717) is 6.54 Å². The standard InChI is InChI=1S/C11H13N3O/c1-9-8-14(11(15)13-9)12-7-10-5-3-2-4-6-10/h2-7,9H,8H2,1H3,(H,13,15). The van der Waals surface area contributed by atoms with Gasteiger partial charge in [-0.05, 0) is 12.5 Å². The normalized spacial score (nSPS) is 21.0. The first-order chi connectivity index (χ1) is 7.25. The van der Waals surface area contributed by atoms with Crippen LogP contribution in [0.4, 0.5) is 4.79 Å². The van der Waals surface area contributed by atoms with Crippen molar-refractivity contribution < 1.29 is 4.79 Å². The highest BCUT2D eigenvalue weighted by Crippen LogP contribution is 2.04. The maximum absolute atomic E-state index is 11.3. The van der Waals surface area contributed by atoms with Crippen LogP contribution < -0.4 is 5.32 Å². The summed E-state index contributed by atoms with van der Waals surface area (Å²) in [6.07, 6.45) is 1.69. The summed E-state index contributed by atoms with van der Waals surface area (Å²) < 4.78 is 0. The third-order valence-electron chi connectivity index (χ3n) is 2.20. The lowest BCUT2D eigenvalue weighted by Gasteiger charge is -2.05. The molecule has 0 radical (unpaired) electrons. The van der Waals surface area contributed by atoms with E-state index in [0.717, 1.165) is 5.56 Å². The lowest BCUT2D eigenvalue weighted by Crippen LogP contribution is -2.24. The number of carbonyl (C=O) groups is 1. The van der Waals surface area contributed by atoms with Crippen molar-refractivity contribution in [2.75, 3.05) is 6.54 Å². The maximum atomic E-state index is 11.3. The molecule has 1 aromatic carbocycles. The number of hydrogen-bond donors (Lipinski definition) is 1. The van der Waals surface area contributed by atoms with Gasteiger partial charge in [0.2, 0.25) is 0 Å². The van der Waals surface area contributed by atoms with Crippen molar-refractivity contribution in [2.24, 2.45) is 5.10 Å². The van der Waals surface area contributed by atoms with E-state index in [2.05, 4.69) is 10.4 Å². The molecular formula is C11H13N3O. The van der Waals surface area contributed by atoms with E-state index in [1.807, 2.05) is 37.3 Å². The minimum atomic E-state index is -0.130. The zero-order valence-corrected chi connectivity index (χ0v) is 8.55. The van der Waals surface area contributed by atoms with Gasteiger partial charge in [-0.15, -0.1) is 0 Å². The van der Waals surface area contributed by atoms with Gasteiger partial charge >= 0.3 is 6.03 Å². The van der Waals surface area contributed by atoms with Gasteiger partial charge in [-0.25, -0.2) is 9.80 Å². The molecule has 15 heavy (non-hydrogen) atoms. The molecule has 1 aromatic rings. The number of rotatable bonds is 2. The van der Waals surface area contributed by atoms with Crippen LogP contribution in [-0.2, 0) is 0 Å². The molecule has 0 aliphatic carbocycles. The average molecular weight is 203 g/mol. The van der Waals surface area contributed by atoms with E-state index in [1.54, 1.807) is 6.21 Å². The lowest BCUT2D eigenvalue weighted by atomic mass is 10.2. The molecule has 1 fully saturated rings. The third-order valence-corrected chi connectivity index (χ3v) is 2.20. The Morgan fingerprint density at radius 2 is 2.20 bits per heavy atom. The Morgan fingerprint density at radius 3 is 2.80 bits per heavy atom. The second kappa shape index (κ2) is 4.13. The summed E-state index contributed by atoms with van der Waals surface area (Å²) in [7, 11) is 0. The molecule has 0 bridgehead atoms. The van der Waals surface area contributed by atoms with E-state index in [9.17, 15) is 4.79 Å². The first-order valence-corrected chi connectivity index (χ1v) is 4.93. The maximum Gasteiger partial charge on any atom is 0.338 e. The van der Waals surface area contributed by atoms with Crippen LogP contribution in [0.3, 0.4) is 0 Å². The van der Waals surface area contributed by atoms with Gasteiger partial charge in [-0.3, -0.25) is 0 Å². The smallest absolute Gasteiger partial charge is 0.332 e. The molecule has 1 aliphatic rings. The Hall–Kier alpha value is -1.84. The van der Waals surface area contributed by atoms with Crippen LogP contribution in [-0.4, -0.2) is 29.8 Å². The number of carbonyl (C=O) groups excluding carboxylic acids is 1. The van der Waals surface area contributed by atoms with E-state index < -0.39 is 0 Å². The fourth-order valence-electron chi connectivity index (χ4n) is 1.45. The number of nitrogens with one attached hydrogen (secondary N) is 1. The molecule has 4 heteroatoms. The number of benzene rings is 1. The van der Waals surface area contributed by atoms with Crippen molar-refractivity contribution in [3.8, 4) is 0 Å². The predicted octanol–water partition coefficient (Wildman–Crippen LogP) is 1.43. The van der Waals surface area contributed by atoms with E-state index >= 15 is 0 Å². The first kappa shape index (κ1) is 9.71. The first-order valence-electron chi connectivity index (χ1n) is 4.93. The van der Waals surface area contributed by atoms with Gasteiger partial charge < -0.3 is 5.32 Å². The van der Waals surface area contributed by atoms with Gasteiger partial charge in [0.25, 0.3) is 0 Å². The van der Waals surface area contributed by atoms with Crippen molar-refractivity contribution in [3.63, 3.8) is 0 Å². The molecule has 1 aliphatic heterocycles. The predicted molar refractivity (Wildman–Crippen MR) is 58.7 cm³/mol. The van der Waals surface area contributed by atoms with Gasteiger partial charge in [0.15, 0.2) is 0 Å². The van der Waals surface area contributed by atoms with Crippen molar-refractivity contribution >= 4 is 12.2 Å². The van der Waals surface area contributed by atoms with Crippen LogP contribution in [0, 0.1) is 0 Å². The molecule has 4 nitrogen and oxygen atoms in total. The Labute approximate surface area is 88.6 Å². The minimum absolute atomic E-state index is 0.130. The van der Waals surface area contributed by atoms with Crippen LogP contribution >= 0.6 is 0 Å². The second-order valence-electron chi connectivity index (χ2n) is 3.59. The monoisotopic (exact) mass is 203 g/mol. The largest absolute Gasteiger partial charge is 0.338 e. The Bertz CT molecular complexity index is 375. The molecule has 0 aromatic heterocycles. The molecule has 0 spiro atoms. The van der Waals surface area contributed by atoms with Crippen LogP contribution in [0.1, 0.15) is 12.5 Å². The second-order valence-corrected chi connectivity index (χ2v) is 3.59. The summed E-state index contributed by atoms with van der Waals surface area (Å²) in [4.78, 5) is 11.3. The van der Waals surface area contributed by atoms with E-state index in [-0.39, 0.29) is 12.1 Å². The average Bonchev–Trinajstić information content (AvgIpc) is 2.56. The molecule has 1 heterocycles. The summed E-state index contributed by atoms with van der Waals surface area (Å²) in [5.74, 6) is 0. The van der Waals surface area contributed by atoms with Crippen molar-refractivity contribution in [2.45, 2.75) is 13.0 Å². The zero-order chi connectivity index (χ0) is 10.7. The van der Waals surface area contributed by atoms with E-state index in [1.165, 1.54) is 5.01 Å². The fraction of sp³-hybridized carbons (Fsp3) is 0.273. The van der Waals surface area contributed by atoms with Crippen molar-refractivity contribution in [1.82, 2.24) is 10.3 Å².